The van der Waals surface area contributed by atoms with Crippen LogP contribution in [0.15, 0.2) is 12.2 Å². The Morgan fingerprint density at radius 1 is 1.23 bits per heavy atom. The Balaban J connectivity index is 2.70. The molecule has 0 radical (unpaired) electrons. The van der Waals surface area contributed by atoms with Gasteiger partial charge in [0.05, 0.1) is 5.41 Å². The van der Waals surface area contributed by atoms with Gasteiger partial charge in [-0.05, 0) is 65.4 Å². The number of ether oxygens (including phenoxy) is 2. The van der Waals surface area contributed by atoms with Gasteiger partial charge in [0, 0.05) is 0 Å². The Kier molecular flexibility index (Phi) is 6.21. The Hall–Kier alpha value is -1.32. The maximum Gasteiger partial charge on any atom is 0.348 e. The van der Waals surface area contributed by atoms with Crippen molar-refractivity contribution < 1.29 is 19.1 Å². The van der Waals surface area contributed by atoms with Crippen LogP contribution in [-0.4, -0.2) is 23.6 Å². The van der Waals surface area contributed by atoms with Crippen molar-refractivity contribution in [2.75, 3.05) is 0 Å². The predicted molar refractivity (Wildman–Crippen MR) is 86.3 cm³/mol. The lowest BCUT2D eigenvalue weighted by Crippen LogP contribution is -2.42. The molecule has 0 aromatic rings. The van der Waals surface area contributed by atoms with E-state index in [0.29, 0.717) is 6.42 Å². The maximum atomic E-state index is 12.3. The quantitative estimate of drug-likeness (QED) is 0.545. The monoisotopic (exact) mass is 310 g/mol. The fourth-order valence-corrected chi connectivity index (χ4v) is 2.53. The van der Waals surface area contributed by atoms with Gasteiger partial charge in [0.25, 0.3) is 0 Å². The molecule has 0 spiro atoms. The van der Waals surface area contributed by atoms with Crippen molar-refractivity contribution in [2.24, 2.45) is 5.41 Å². The van der Waals surface area contributed by atoms with E-state index < -0.39 is 23.1 Å². The fourth-order valence-electron chi connectivity index (χ4n) is 2.53. The average molecular weight is 310 g/mol. The Bertz CT molecular complexity index is 430. The van der Waals surface area contributed by atoms with Crippen LogP contribution >= 0.6 is 0 Å². The van der Waals surface area contributed by atoms with Gasteiger partial charge >= 0.3 is 11.9 Å². The molecular weight excluding hydrogens is 280 g/mol. The molecule has 4 nitrogen and oxygen atoms in total. The molecule has 0 N–H and O–H groups in total. The molecule has 1 aliphatic carbocycles. The highest BCUT2D eigenvalue weighted by Crippen LogP contribution is 2.37. The number of hydrogen-bond acceptors (Lipinski definition) is 4. The molecule has 1 rings (SSSR count). The van der Waals surface area contributed by atoms with Crippen molar-refractivity contribution in [2.45, 2.75) is 84.8 Å². The van der Waals surface area contributed by atoms with E-state index in [1.165, 1.54) is 0 Å². The molecule has 0 aromatic carbocycles. The summed E-state index contributed by atoms with van der Waals surface area (Å²) in [6, 6.07) is 0. The van der Waals surface area contributed by atoms with Gasteiger partial charge in [-0.3, -0.25) is 4.79 Å². The zero-order chi connectivity index (χ0) is 17.0. The zero-order valence-corrected chi connectivity index (χ0v) is 14.7. The minimum Gasteiger partial charge on any atom is -0.452 e. The summed E-state index contributed by atoms with van der Waals surface area (Å²) in [6.45, 7) is 13.0. The van der Waals surface area contributed by atoms with E-state index in [1.807, 2.05) is 27.7 Å². The molecule has 0 amide bonds. The number of esters is 2. The lowest BCUT2D eigenvalue weighted by Gasteiger charge is -2.38. The van der Waals surface area contributed by atoms with Crippen LogP contribution in [0.3, 0.4) is 0 Å². The second-order valence-corrected chi connectivity index (χ2v) is 7.04. The molecule has 126 valence electrons. The van der Waals surface area contributed by atoms with Crippen molar-refractivity contribution in [3.05, 3.63) is 12.2 Å². The van der Waals surface area contributed by atoms with Gasteiger partial charge in [0.2, 0.25) is 0 Å². The first-order valence-electron chi connectivity index (χ1n) is 8.24. The van der Waals surface area contributed by atoms with Crippen molar-refractivity contribution in [1.29, 1.82) is 0 Å². The lowest BCUT2D eigenvalue weighted by atomic mass is 9.80. The van der Waals surface area contributed by atoms with Crippen molar-refractivity contribution in [3.63, 3.8) is 0 Å². The Morgan fingerprint density at radius 2 is 1.77 bits per heavy atom. The highest BCUT2D eigenvalue weighted by Gasteiger charge is 2.39. The molecule has 0 bridgehead atoms. The van der Waals surface area contributed by atoms with Crippen molar-refractivity contribution >= 4 is 11.9 Å². The van der Waals surface area contributed by atoms with Crippen LogP contribution < -0.4 is 0 Å². The largest absolute Gasteiger partial charge is 0.452 e. The molecule has 22 heavy (non-hydrogen) atoms. The van der Waals surface area contributed by atoms with E-state index in [1.54, 1.807) is 6.92 Å². The van der Waals surface area contributed by atoms with E-state index in [2.05, 4.69) is 6.58 Å². The summed E-state index contributed by atoms with van der Waals surface area (Å²) in [6.07, 6.45) is 4.57. The molecule has 0 heterocycles. The molecule has 1 atom stereocenters. The zero-order valence-electron chi connectivity index (χ0n) is 14.7. The molecule has 1 fully saturated rings. The van der Waals surface area contributed by atoms with Gasteiger partial charge in [-0.1, -0.05) is 19.9 Å². The van der Waals surface area contributed by atoms with E-state index in [4.69, 9.17) is 9.47 Å². The summed E-state index contributed by atoms with van der Waals surface area (Å²) in [5, 5.41) is 0. The van der Waals surface area contributed by atoms with Crippen LogP contribution in [0.2, 0.25) is 0 Å². The molecular formula is C18H30O4. The number of hydrogen-bond donors (Lipinski definition) is 0. The van der Waals surface area contributed by atoms with Gasteiger partial charge in [-0.2, -0.15) is 0 Å². The van der Waals surface area contributed by atoms with E-state index in [0.717, 1.165) is 37.7 Å². The predicted octanol–water partition coefficient (Wildman–Crippen LogP) is 4.18. The van der Waals surface area contributed by atoms with Gasteiger partial charge in [-0.25, -0.2) is 4.79 Å². The lowest BCUT2D eigenvalue weighted by molar-refractivity contribution is -0.181. The second kappa shape index (κ2) is 7.30. The highest BCUT2D eigenvalue weighted by atomic mass is 16.6. The number of rotatable bonds is 6. The topological polar surface area (TPSA) is 52.6 Å². The van der Waals surface area contributed by atoms with Crippen LogP contribution in [-0.2, 0) is 19.1 Å². The third-order valence-corrected chi connectivity index (χ3v) is 4.79. The SMILES string of the molecule is C=C(C)C1(OC(=O)C(C)OC(=O)C(C)(C)CC)CCCCC1. The van der Waals surface area contributed by atoms with E-state index in [9.17, 15) is 9.59 Å². The van der Waals surface area contributed by atoms with Gasteiger partial charge in [0.15, 0.2) is 6.10 Å². The van der Waals surface area contributed by atoms with Gasteiger partial charge in [-0.15, -0.1) is 0 Å². The third kappa shape index (κ3) is 4.34. The Labute approximate surface area is 134 Å². The summed E-state index contributed by atoms with van der Waals surface area (Å²) in [5.41, 5.74) is -0.310. The molecule has 1 aliphatic rings. The van der Waals surface area contributed by atoms with Gasteiger partial charge in [0.1, 0.15) is 5.60 Å². The minimum atomic E-state index is -0.892. The first-order chi connectivity index (χ1) is 10.1. The summed E-state index contributed by atoms with van der Waals surface area (Å²) >= 11 is 0. The number of carbonyl (C=O) groups is 2. The van der Waals surface area contributed by atoms with Crippen LogP contribution in [0.25, 0.3) is 0 Å². The number of carbonyl (C=O) groups excluding carboxylic acids is 2. The maximum absolute atomic E-state index is 12.3. The second-order valence-electron chi connectivity index (χ2n) is 7.04. The highest BCUT2D eigenvalue weighted by molar-refractivity contribution is 5.82. The summed E-state index contributed by atoms with van der Waals surface area (Å²) in [4.78, 5) is 24.4. The smallest absolute Gasteiger partial charge is 0.348 e. The van der Waals surface area contributed by atoms with Crippen molar-refractivity contribution in [1.82, 2.24) is 0 Å². The first-order valence-corrected chi connectivity index (χ1v) is 8.24. The van der Waals surface area contributed by atoms with E-state index in [-0.39, 0.29) is 5.97 Å². The minimum absolute atomic E-state index is 0.368. The van der Waals surface area contributed by atoms with Crippen LogP contribution in [0.4, 0.5) is 0 Å². The normalized spacial score (nSPS) is 19.1. The first kappa shape index (κ1) is 18.7. The standard InChI is InChI=1S/C18H30O4/c1-7-17(5,6)16(20)21-14(4)15(19)22-18(13(2)3)11-9-8-10-12-18/h14H,2,7-12H2,1,3-6H3. The Morgan fingerprint density at radius 3 is 2.23 bits per heavy atom. The summed E-state index contributed by atoms with van der Waals surface area (Å²) in [7, 11) is 0. The molecule has 1 unspecified atom stereocenters. The average Bonchev–Trinajstić information content (AvgIpc) is 2.47. The van der Waals surface area contributed by atoms with Crippen LogP contribution in [0, 0.1) is 5.41 Å². The molecule has 0 saturated heterocycles. The van der Waals surface area contributed by atoms with Gasteiger partial charge < -0.3 is 9.47 Å². The molecule has 1 saturated carbocycles. The third-order valence-electron chi connectivity index (χ3n) is 4.79. The van der Waals surface area contributed by atoms with E-state index >= 15 is 0 Å². The molecule has 0 aliphatic heterocycles. The van der Waals surface area contributed by atoms with Crippen LogP contribution in [0.1, 0.15) is 73.1 Å². The molecule has 0 aromatic heterocycles. The summed E-state index contributed by atoms with van der Waals surface area (Å²) < 4.78 is 11.0. The fraction of sp³-hybridized carbons (Fsp3) is 0.778. The van der Waals surface area contributed by atoms with Crippen molar-refractivity contribution in [3.8, 4) is 0 Å². The summed E-state index contributed by atoms with van der Waals surface area (Å²) in [5.74, 6) is -0.849. The molecule has 4 heteroatoms. The van der Waals surface area contributed by atoms with Crippen LogP contribution in [0.5, 0.6) is 0 Å².